The molecule has 7 heteroatoms. The van der Waals surface area contributed by atoms with Gasteiger partial charge in [-0.15, -0.1) is 0 Å². The molecule has 0 aromatic heterocycles. The molecule has 0 unspecified atom stereocenters. The number of nitrogens with one attached hydrogen (secondary N) is 1. The molecule has 0 bridgehead atoms. The van der Waals surface area contributed by atoms with Crippen LogP contribution in [0.5, 0.6) is 5.75 Å². The van der Waals surface area contributed by atoms with E-state index < -0.39 is 20.7 Å². The maximum atomic E-state index is 13.5. The lowest BCUT2D eigenvalue weighted by Crippen LogP contribution is -2.53. The van der Waals surface area contributed by atoms with Gasteiger partial charge in [0.15, 0.2) is 4.75 Å². The van der Waals surface area contributed by atoms with Gasteiger partial charge >= 0.3 is 0 Å². The molecule has 0 aliphatic heterocycles. The van der Waals surface area contributed by atoms with E-state index in [-0.39, 0.29) is 0 Å². The van der Waals surface area contributed by atoms with Crippen LogP contribution in [0.1, 0.15) is 25.7 Å². The van der Waals surface area contributed by atoms with Crippen LogP contribution in [0.25, 0.3) is 0 Å². The van der Waals surface area contributed by atoms with E-state index in [2.05, 4.69) is 11.9 Å². The van der Waals surface area contributed by atoms with Gasteiger partial charge in [-0.05, 0) is 49.2 Å². The Labute approximate surface area is 172 Å². The summed E-state index contributed by atoms with van der Waals surface area (Å²) in [5.41, 5.74) is 1.07. The quantitative estimate of drug-likeness (QED) is 0.663. The number of sulfonamides is 1. The standard InChI is InChI=1S/C22H26N2O4S/c1-3-17-28-20-13-11-18(12-14-20)23-21(25)22(15-7-8-16-22)29(26,27)24(2)19-9-5-4-6-10-19/h3-6,9-14H,1,7-8,15-17H2,2H3,(H,23,25). The summed E-state index contributed by atoms with van der Waals surface area (Å²) in [6.45, 7) is 3.99. The van der Waals surface area contributed by atoms with Crippen LogP contribution < -0.4 is 14.4 Å². The molecule has 0 spiro atoms. The fourth-order valence-corrected chi connectivity index (χ4v) is 5.64. The smallest absolute Gasteiger partial charge is 0.249 e. The molecule has 2 aromatic rings. The van der Waals surface area contributed by atoms with Crippen molar-refractivity contribution in [3.8, 4) is 5.75 Å². The molecule has 0 atom stereocenters. The van der Waals surface area contributed by atoms with Crippen molar-refractivity contribution in [2.24, 2.45) is 0 Å². The zero-order valence-electron chi connectivity index (χ0n) is 16.5. The number of rotatable bonds is 8. The van der Waals surface area contributed by atoms with E-state index in [1.165, 1.54) is 11.4 Å². The van der Waals surface area contributed by atoms with Gasteiger partial charge in [0.25, 0.3) is 0 Å². The summed E-state index contributed by atoms with van der Waals surface area (Å²) in [6, 6.07) is 15.7. The van der Waals surface area contributed by atoms with Crippen LogP contribution in [0.2, 0.25) is 0 Å². The van der Waals surface area contributed by atoms with E-state index in [4.69, 9.17) is 4.74 Å². The molecule has 0 saturated heterocycles. The summed E-state index contributed by atoms with van der Waals surface area (Å²) in [6.07, 6.45) is 3.65. The normalized spacial score (nSPS) is 15.5. The fraction of sp³-hybridized carbons (Fsp3) is 0.318. The number of benzene rings is 2. The van der Waals surface area contributed by atoms with Gasteiger partial charge in [0.05, 0.1) is 5.69 Å². The highest BCUT2D eigenvalue weighted by molar-refractivity contribution is 7.95. The van der Waals surface area contributed by atoms with Gasteiger partial charge in [-0.1, -0.05) is 43.7 Å². The molecular formula is C22H26N2O4S. The van der Waals surface area contributed by atoms with Crippen molar-refractivity contribution >= 4 is 27.3 Å². The third-order valence-corrected chi connectivity index (χ3v) is 7.79. The van der Waals surface area contributed by atoms with Crippen LogP contribution >= 0.6 is 0 Å². The summed E-state index contributed by atoms with van der Waals surface area (Å²) >= 11 is 0. The highest BCUT2D eigenvalue weighted by atomic mass is 32.2. The molecule has 154 valence electrons. The van der Waals surface area contributed by atoms with Gasteiger partial charge in [-0.2, -0.15) is 0 Å². The molecular weight excluding hydrogens is 388 g/mol. The summed E-state index contributed by atoms with van der Waals surface area (Å²) in [7, 11) is -2.40. The van der Waals surface area contributed by atoms with Crippen LogP contribution in [0.15, 0.2) is 67.3 Å². The minimum absolute atomic E-state index is 0.304. The first kappa shape index (κ1) is 20.9. The van der Waals surface area contributed by atoms with Crippen molar-refractivity contribution < 1.29 is 17.9 Å². The summed E-state index contributed by atoms with van der Waals surface area (Å²) in [5.74, 6) is 0.160. The summed E-state index contributed by atoms with van der Waals surface area (Å²) < 4.78 is 32.2. The third-order valence-electron chi connectivity index (χ3n) is 5.28. The summed E-state index contributed by atoms with van der Waals surface area (Å²) in [4.78, 5) is 13.2. The Hall–Kier alpha value is -2.80. The molecule has 0 heterocycles. The first-order chi connectivity index (χ1) is 13.9. The van der Waals surface area contributed by atoms with Crippen molar-refractivity contribution in [2.45, 2.75) is 30.4 Å². The molecule has 1 amide bonds. The third kappa shape index (κ3) is 4.15. The molecule has 1 aliphatic rings. The van der Waals surface area contributed by atoms with Crippen molar-refractivity contribution in [3.63, 3.8) is 0 Å². The van der Waals surface area contributed by atoms with Crippen molar-refractivity contribution in [1.29, 1.82) is 0 Å². The predicted octanol–water partition coefficient (Wildman–Crippen LogP) is 3.97. The number of hydrogen-bond donors (Lipinski definition) is 1. The average Bonchev–Trinajstić information content (AvgIpc) is 3.25. The molecule has 3 rings (SSSR count). The SMILES string of the molecule is C=CCOc1ccc(NC(=O)C2(S(=O)(=O)N(C)c3ccccc3)CCCC2)cc1. The topological polar surface area (TPSA) is 75.7 Å². The Morgan fingerprint density at radius 1 is 1.14 bits per heavy atom. The van der Waals surface area contributed by atoms with Gasteiger partial charge in [-0.3, -0.25) is 9.10 Å². The Morgan fingerprint density at radius 3 is 2.34 bits per heavy atom. The average molecular weight is 415 g/mol. The van der Waals surface area contributed by atoms with E-state index in [0.29, 0.717) is 49.4 Å². The van der Waals surface area contributed by atoms with E-state index in [1.54, 1.807) is 54.6 Å². The Kier molecular flexibility index (Phi) is 6.27. The van der Waals surface area contributed by atoms with E-state index in [1.807, 2.05) is 6.07 Å². The predicted molar refractivity (Wildman–Crippen MR) is 116 cm³/mol. The van der Waals surface area contributed by atoms with Gasteiger partial charge in [0.2, 0.25) is 15.9 Å². The lowest BCUT2D eigenvalue weighted by Gasteiger charge is -2.33. The Morgan fingerprint density at radius 2 is 1.76 bits per heavy atom. The minimum atomic E-state index is -3.91. The maximum absolute atomic E-state index is 13.5. The molecule has 2 aromatic carbocycles. The number of nitrogens with zero attached hydrogens (tertiary/aromatic N) is 1. The van der Waals surface area contributed by atoms with Gasteiger partial charge in [0, 0.05) is 12.7 Å². The minimum Gasteiger partial charge on any atom is -0.490 e. The zero-order chi connectivity index (χ0) is 20.9. The fourth-order valence-electron chi connectivity index (χ4n) is 3.62. The van der Waals surface area contributed by atoms with Crippen LogP contribution in [-0.2, 0) is 14.8 Å². The maximum Gasteiger partial charge on any atom is 0.249 e. The van der Waals surface area contributed by atoms with Crippen molar-refractivity contribution in [1.82, 2.24) is 0 Å². The van der Waals surface area contributed by atoms with Gasteiger partial charge in [0.1, 0.15) is 12.4 Å². The molecule has 1 fully saturated rings. The monoisotopic (exact) mass is 414 g/mol. The van der Waals surface area contributed by atoms with Gasteiger partial charge in [-0.25, -0.2) is 8.42 Å². The molecule has 6 nitrogen and oxygen atoms in total. The number of anilines is 2. The summed E-state index contributed by atoms with van der Waals surface area (Å²) in [5, 5.41) is 2.80. The van der Waals surface area contributed by atoms with E-state index in [0.717, 1.165) is 0 Å². The van der Waals surface area contributed by atoms with Gasteiger partial charge < -0.3 is 10.1 Å². The highest BCUT2D eigenvalue weighted by Gasteiger charge is 2.54. The number of amides is 1. The number of ether oxygens (including phenoxy) is 1. The first-order valence-electron chi connectivity index (χ1n) is 9.59. The highest BCUT2D eigenvalue weighted by Crippen LogP contribution is 2.40. The molecule has 29 heavy (non-hydrogen) atoms. The van der Waals surface area contributed by atoms with Crippen LogP contribution in [0.4, 0.5) is 11.4 Å². The number of carbonyl (C=O) groups excluding carboxylic acids is 1. The second-order valence-electron chi connectivity index (χ2n) is 7.09. The lowest BCUT2D eigenvalue weighted by molar-refractivity contribution is -0.118. The number of para-hydroxylation sites is 1. The van der Waals surface area contributed by atoms with E-state index >= 15 is 0 Å². The van der Waals surface area contributed by atoms with Crippen molar-refractivity contribution in [3.05, 3.63) is 67.3 Å². The molecule has 1 saturated carbocycles. The Balaban J connectivity index is 1.84. The molecule has 1 N–H and O–H groups in total. The second-order valence-corrected chi connectivity index (χ2v) is 9.37. The van der Waals surface area contributed by atoms with Crippen molar-refractivity contribution in [2.75, 3.05) is 23.3 Å². The zero-order valence-corrected chi connectivity index (χ0v) is 17.3. The number of hydrogen-bond acceptors (Lipinski definition) is 4. The molecule has 0 radical (unpaired) electrons. The largest absolute Gasteiger partial charge is 0.490 e. The second kappa shape index (κ2) is 8.69. The van der Waals surface area contributed by atoms with Crippen LogP contribution in [-0.4, -0.2) is 32.7 Å². The van der Waals surface area contributed by atoms with Crippen LogP contribution in [0, 0.1) is 0 Å². The van der Waals surface area contributed by atoms with E-state index in [9.17, 15) is 13.2 Å². The number of carbonyl (C=O) groups is 1. The lowest BCUT2D eigenvalue weighted by atomic mass is 10.1. The van der Waals surface area contributed by atoms with Crippen LogP contribution in [0.3, 0.4) is 0 Å². The first-order valence-corrected chi connectivity index (χ1v) is 11.0. The molecule has 1 aliphatic carbocycles. The Bertz CT molecular complexity index is 950.